The maximum Gasteiger partial charge on any atom is 0.261 e. The van der Waals surface area contributed by atoms with Gasteiger partial charge in [0.1, 0.15) is 11.8 Å². The molecule has 1 aliphatic carbocycles. The summed E-state index contributed by atoms with van der Waals surface area (Å²) in [6, 6.07) is 21.9. The minimum Gasteiger partial charge on any atom is -0.484 e. The largest absolute Gasteiger partial charge is 0.484 e. The van der Waals surface area contributed by atoms with E-state index in [9.17, 15) is 9.59 Å². The van der Waals surface area contributed by atoms with Gasteiger partial charge in [0.15, 0.2) is 6.61 Å². The summed E-state index contributed by atoms with van der Waals surface area (Å²) >= 11 is 13.0. The summed E-state index contributed by atoms with van der Waals surface area (Å²) in [6.07, 6.45) is 5.63. The number of hydrogen-bond donors (Lipinski definition) is 1. The molecule has 1 aliphatic rings. The second-order valence-corrected chi connectivity index (χ2v) is 10.7. The smallest absolute Gasteiger partial charge is 0.261 e. The second kappa shape index (κ2) is 13.7. The fraction of sp³-hybridized carbons (Fsp3) is 0.355. The molecule has 5 nitrogen and oxygen atoms in total. The zero-order valence-electron chi connectivity index (χ0n) is 21.7. The normalized spacial score (nSPS) is 14.5. The van der Waals surface area contributed by atoms with Crippen LogP contribution < -0.4 is 10.1 Å². The molecule has 0 radical (unpaired) electrons. The fourth-order valence-electron chi connectivity index (χ4n) is 4.89. The highest BCUT2D eigenvalue weighted by Gasteiger charge is 2.33. The summed E-state index contributed by atoms with van der Waals surface area (Å²) in [5.41, 5.74) is 2.59. The summed E-state index contributed by atoms with van der Waals surface area (Å²) in [4.78, 5) is 29.2. The first-order valence-corrected chi connectivity index (χ1v) is 13.9. The Morgan fingerprint density at radius 2 is 1.63 bits per heavy atom. The molecule has 2 amide bonds. The van der Waals surface area contributed by atoms with Crippen molar-refractivity contribution < 1.29 is 14.3 Å². The van der Waals surface area contributed by atoms with Crippen molar-refractivity contribution in [1.82, 2.24) is 10.2 Å². The summed E-state index contributed by atoms with van der Waals surface area (Å²) in [5.74, 6) is 0.107. The number of amides is 2. The van der Waals surface area contributed by atoms with Crippen LogP contribution in [0.5, 0.6) is 5.75 Å². The summed E-state index contributed by atoms with van der Waals surface area (Å²) in [6.45, 7) is 1.84. The molecule has 7 heteroatoms. The van der Waals surface area contributed by atoms with Crippen LogP contribution in [0, 0.1) is 6.92 Å². The minimum absolute atomic E-state index is 0.0874. The molecule has 4 rings (SSSR count). The lowest BCUT2D eigenvalue weighted by molar-refractivity contribution is -0.143. The Bertz CT molecular complexity index is 1210. The summed E-state index contributed by atoms with van der Waals surface area (Å²) < 4.78 is 5.87. The van der Waals surface area contributed by atoms with Crippen LogP contribution in [0.15, 0.2) is 72.8 Å². The number of carbonyl (C=O) groups is 2. The highest BCUT2D eigenvalue weighted by molar-refractivity contribution is 6.36. The lowest BCUT2D eigenvalue weighted by Crippen LogP contribution is -2.53. The van der Waals surface area contributed by atoms with E-state index in [1.165, 1.54) is 6.42 Å². The van der Waals surface area contributed by atoms with E-state index in [2.05, 4.69) is 5.32 Å². The van der Waals surface area contributed by atoms with Gasteiger partial charge in [-0.2, -0.15) is 0 Å². The van der Waals surface area contributed by atoms with Crippen LogP contribution in [-0.4, -0.2) is 35.4 Å². The van der Waals surface area contributed by atoms with Crippen molar-refractivity contribution in [3.63, 3.8) is 0 Å². The molecule has 3 aromatic rings. The molecule has 0 unspecified atom stereocenters. The number of benzene rings is 3. The molecule has 0 saturated heterocycles. The summed E-state index contributed by atoms with van der Waals surface area (Å²) in [5, 5.41) is 4.12. The lowest BCUT2D eigenvalue weighted by Gasteiger charge is -2.33. The Balaban J connectivity index is 1.65. The maximum atomic E-state index is 13.8. The third kappa shape index (κ3) is 7.75. The standard InChI is InChI=1S/C31H34Cl2N2O3/c1-22-10-8-15-25(18-22)38-21-30(36)35(20-26-27(32)16-9-17-28(26)33)29(19-23-11-4-2-5-12-23)31(37)34-24-13-6-3-7-14-24/h2,4-5,8-12,15-18,24,29H,3,6-7,13-14,19-21H2,1H3,(H,34,37)/t29-/m0/s1. The number of hydrogen-bond acceptors (Lipinski definition) is 3. The topological polar surface area (TPSA) is 58.6 Å². The Hall–Kier alpha value is -3.02. The van der Waals surface area contributed by atoms with Crippen molar-refractivity contribution in [1.29, 1.82) is 0 Å². The van der Waals surface area contributed by atoms with E-state index < -0.39 is 6.04 Å². The number of halogens is 2. The van der Waals surface area contributed by atoms with Gasteiger partial charge in [-0.05, 0) is 55.2 Å². The van der Waals surface area contributed by atoms with Crippen LogP contribution in [-0.2, 0) is 22.6 Å². The van der Waals surface area contributed by atoms with Crippen LogP contribution in [0.4, 0.5) is 0 Å². The lowest BCUT2D eigenvalue weighted by atomic mass is 9.94. The van der Waals surface area contributed by atoms with Crippen molar-refractivity contribution in [2.24, 2.45) is 0 Å². The number of nitrogens with one attached hydrogen (secondary N) is 1. The van der Waals surface area contributed by atoms with Gasteiger partial charge in [0.05, 0.1) is 0 Å². The molecule has 200 valence electrons. The second-order valence-electron chi connectivity index (χ2n) is 9.88. The van der Waals surface area contributed by atoms with Crippen LogP contribution in [0.25, 0.3) is 0 Å². The van der Waals surface area contributed by atoms with E-state index in [0.29, 0.717) is 27.8 Å². The van der Waals surface area contributed by atoms with Crippen molar-refractivity contribution in [2.45, 2.75) is 64.1 Å². The molecule has 38 heavy (non-hydrogen) atoms. The van der Waals surface area contributed by atoms with Gasteiger partial charge in [0, 0.05) is 34.6 Å². The highest BCUT2D eigenvalue weighted by Crippen LogP contribution is 2.28. The molecule has 1 N–H and O–H groups in total. The number of nitrogens with zero attached hydrogens (tertiary/aromatic N) is 1. The van der Waals surface area contributed by atoms with Gasteiger partial charge in [0.2, 0.25) is 5.91 Å². The average molecular weight is 554 g/mol. The van der Waals surface area contributed by atoms with Gasteiger partial charge in [-0.1, -0.05) is 91.0 Å². The SMILES string of the molecule is Cc1cccc(OCC(=O)N(Cc2c(Cl)cccc2Cl)[C@@H](Cc2ccccc2)C(=O)NC2CCCCC2)c1. The average Bonchev–Trinajstić information content (AvgIpc) is 2.92. The van der Waals surface area contributed by atoms with Crippen molar-refractivity contribution in [3.05, 3.63) is 99.5 Å². The fourth-order valence-corrected chi connectivity index (χ4v) is 5.40. The summed E-state index contributed by atoms with van der Waals surface area (Å²) in [7, 11) is 0. The molecule has 1 fully saturated rings. The van der Waals surface area contributed by atoms with Gasteiger partial charge in [-0.15, -0.1) is 0 Å². The molecule has 0 aliphatic heterocycles. The zero-order chi connectivity index (χ0) is 26.9. The van der Waals surface area contributed by atoms with E-state index in [0.717, 1.165) is 36.8 Å². The molecule has 1 atom stereocenters. The third-order valence-corrected chi connectivity index (χ3v) is 7.67. The predicted molar refractivity (Wildman–Crippen MR) is 153 cm³/mol. The monoisotopic (exact) mass is 552 g/mol. The predicted octanol–water partition coefficient (Wildman–Crippen LogP) is 6.77. The molecular formula is C31H34Cl2N2O3. The van der Waals surface area contributed by atoms with Crippen molar-refractivity contribution >= 4 is 35.0 Å². The Labute approximate surface area is 235 Å². The zero-order valence-corrected chi connectivity index (χ0v) is 23.2. The van der Waals surface area contributed by atoms with E-state index in [1.807, 2.05) is 61.5 Å². The van der Waals surface area contributed by atoms with Gasteiger partial charge in [-0.3, -0.25) is 9.59 Å². The number of carbonyl (C=O) groups excluding carboxylic acids is 2. The van der Waals surface area contributed by atoms with E-state index in [1.54, 1.807) is 23.1 Å². The first-order valence-electron chi connectivity index (χ1n) is 13.2. The van der Waals surface area contributed by atoms with Crippen LogP contribution >= 0.6 is 23.2 Å². The molecule has 0 heterocycles. The Kier molecular flexibility index (Phi) is 10.1. The van der Waals surface area contributed by atoms with Gasteiger partial charge in [-0.25, -0.2) is 0 Å². The van der Waals surface area contributed by atoms with Gasteiger partial charge >= 0.3 is 0 Å². The van der Waals surface area contributed by atoms with Gasteiger partial charge in [0.25, 0.3) is 5.91 Å². The van der Waals surface area contributed by atoms with Crippen molar-refractivity contribution in [3.8, 4) is 5.75 Å². The first kappa shape index (κ1) is 28.0. The van der Waals surface area contributed by atoms with E-state index in [-0.39, 0.29) is 31.0 Å². The quantitative estimate of drug-likeness (QED) is 0.302. The Morgan fingerprint density at radius 1 is 0.947 bits per heavy atom. The first-order chi connectivity index (χ1) is 18.4. The molecule has 3 aromatic carbocycles. The van der Waals surface area contributed by atoms with E-state index in [4.69, 9.17) is 27.9 Å². The number of aryl methyl sites for hydroxylation is 1. The minimum atomic E-state index is -0.764. The molecular weight excluding hydrogens is 519 g/mol. The highest BCUT2D eigenvalue weighted by atomic mass is 35.5. The molecule has 0 spiro atoms. The van der Waals surface area contributed by atoms with Crippen LogP contribution in [0.3, 0.4) is 0 Å². The van der Waals surface area contributed by atoms with Crippen LogP contribution in [0.2, 0.25) is 10.0 Å². The van der Waals surface area contributed by atoms with Crippen LogP contribution in [0.1, 0.15) is 48.8 Å². The molecule has 0 aromatic heterocycles. The number of rotatable bonds is 10. The van der Waals surface area contributed by atoms with Gasteiger partial charge < -0.3 is 15.0 Å². The van der Waals surface area contributed by atoms with Crippen molar-refractivity contribution in [2.75, 3.05) is 6.61 Å². The van der Waals surface area contributed by atoms with E-state index >= 15 is 0 Å². The Morgan fingerprint density at radius 3 is 2.32 bits per heavy atom. The molecule has 1 saturated carbocycles. The third-order valence-electron chi connectivity index (χ3n) is 6.96. The molecule has 0 bridgehead atoms. The maximum absolute atomic E-state index is 13.8. The number of ether oxygens (including phenoxy) is 1.